The van der Waals surface area contributed by atoms with Gasteiger partial charge in [0.15, 0.2) is 0 Å². The fourth-order valence-electron chi connectivity index (χ4n) is 2.29. The summed E-state index contributed by atoms with van der Waals surface area (Å²) in [6.07, 6.45) is 1.98. The van der Waals surface area contributed by atoms with Crippen LogP contribution in [-0.4, -0.2) is 9.78 Å². The number of nitrogens with zero attached hydrogens (tertiary/aromatic N) is 2. The topological polar surface area (TPSA) is 43.0 Å². The maximum atomic E-state index is 5.89. The van der Waals surface area contributed by atoms with Gasteiger partial charge in [-0.25, -0.2) is 0 Å². The monoisotopic (exact) mass is 333 g/mol. The first-order valence-corrected chi connectivity index (χ1v) is 7.28. The number of anilines is 1. The molecule has 1 atom stereocenters. The molecule has 3 aromatic rings. The second-order valence-electron chi connectivity index (χ2n) is 5.00. The first kappa shape index (κ1) is 13.2. The third kappa shape index (κ3) is 2.45. The fraction of sp³-hybridized carbons (Fsp3) is 0.267. The number of aryl methyl sites for hydroxylation is 2. The molecule has 0 bridgehead atoms. The van der Waals surface area contributed by atoms with Gasteiger partial charge in [-0.05, 0) is 38.1 Å². The highest BCUT2D eigenvalue weighted by Gasteiger charge is 2.13. The molecule has 20 heavy (non-hydrogen) atoms. The minimum Gasteiger partial charge on any atom is -0.459 e. The molecule has 104 valence electrons. The highest BCUT2D eigenvalue weighted by atomic mass is 79.9. The van der Waals surface area contributed by atoms with Crippen LogP contribution >= 0.6 is 15.9 Å². The van der Waals surface area contributed by atoms with Crippen molar-refractivity contribution in [3.05, 3.63) is 46.4 Å². The van der Waals surface area contributed by atoms with Crippen LogP contribution in [0.5, 0.6) is 0 Å². The third-order valence-electron chi connectivity index (χ3n) is 3.31. The molecule has 1 unspecified atom stereocenters. The van der Waals surface area contributed by atoms with Crippen LogP contribution in [0.25, 0.3) is 11.0 Å². The normalized spacial score (nSPS) is 12.8. The second kappa shape index (κ2) is 4.98. The summed E-state index contributed by atoms with van der Waals surface area (Å²) in [5.41, 5.74) is 2.92. The van der Waals surface area contributed by atoms with Crippen molar-refractivity contribution in [2.24, 2.45) is 7.05 Å². The van der Waals surface area contributed by atoms with E-state index in [1.165, 1.54) is 0 Å². The van der Waals surface area contributed by atoms with Gasteiger partial charge < -0.3 is 9.73 Å². The maximum Gasteiger partial charge on any atom is 0.134 e. The number of hydrogen-bond donors (Lipinski definition) is 1. The average molecular weight is 334 g/mol. The van der Waals surface area contributed by atoms with E-state index in [1.54, 1.807) is 4.68 Å². The van der Waals surface area contributed by atoms with Gasteiger partial charge in [0.2, 0.25) is 0 Å². The molecule has 0 radical (unpaired) electrons. The summed E-state index contributed by atoms with van der Waals surface area (Å²) in [6.45, 7) is 4.07. The van der Waals surface area contributed by atoms with E-state index in [0.717, 1.165) is 32.6 Å². The Balaban J connectivity index is 1.88. The van der Waals surface area contributed by atoms with Crippen molar-refractivity contribution in [2.45, 2.75) is 19.9 Å². The summed E-state index contributed by atoms with van der Waals surface area (Å²) in [7, 11) is 1.92. The SMILES string of the molecule is Cc1nn(C)cc1NC(C)c1cc2cc(Br)ccc2o1. The summed E-state index contributed by atoms with van der Waals surface area (Å²) >= 11 is 3.48. The van der Waals surface area contributed by atoms with E-state index < -0.39 is 0 Å². The first-order valence-electron chi connectivity index (χ1n) is 6.49. The number of hydrogen-bond acceptors (Lipinski definition) is 3. The first-order chi connectivity index (χ1) is 9.52. The van der Waals surface area contributed by atoms with E-state index in [0.29, 0.717) is 0 Å². The molecule has 0 saturated carbocycles. The van der Waals surface area contributed by atoms with Crippen molar-refractivity contribution < 1.29 is 4.42 Å². The molecule has 4 nitrogen and oxygen atoms in total. The quantitative estimate of drug-likeness (QED) is 0.771. The lowest BCUT2D eigenvalue weighted by molar-refractivity contribution is 0.526. The van der Waals surface area contributed by atoms with Crippen molar-refractivity contribution in [3.63, 3.8) is 0 Å². The van der Waals surface area contributed by atoms with Crippen LogP contribution < -0.4 is 5.32 Å². The van der Waals surface area contributed by atoms with Gasteiger partial charge in [-0.1, -0.05) is 15.9 Å². The van der Waals surface area contributed by atoms with Gasteiger partial charge in [0.25, 0.3) is 0 Å². The van der Waals surface area contributed by atoms with Crippen molar-refractivity contribution in [2.75, 3.05) is 5.32 Å². The van der Waals surface area contributed by atoms with Gasteiger partial charge >= 0.3 is 0 Å². The summed E-state index contributed by atoms with van der Waals surface area (Å²) in [4.78, 5) is 0. The van der Waals surface area contributed by atoms with Crippen molar-refractivity contribution in [1.29, 1.82) is 0 Å². The minimum atomic E-state index is 0.0871. The summed E-state index contributed by atoms with van der Waals surface area (Å²) in [6, 6.07) is 8.18. The molecule has 2 aromatic heterocycles. The molecule has 1 N–H and O–H groups in total. The van der Waals surface area contributed by atoms with Gasteiger partial charge in [-0.15, -0.1) is 0 Å². The molecule has 1 aromatic carbocycles. The molecule has 0 amide bonds. The van der Waals surface area contributed by atoms with Crippen molar-refractivity contribution >= 4 is 32.6 Å². The van der Waals surface area contributed by atoms with Crippen LogP contribution in [0.3, 0.4) is 0 Å². The van der Waals surface area contributed by atoms with Gasteiger partial charge in [-0.2, -0.15) is 5.10 Å². The number of fused-ring (bicyclic) bond motifs is 1. The number of halogens is 1. The molecule has 0 aliphatic carbocycles. The number of benzene rings is 1. The highest BCUT2D eigenvalue weighted by Crippen LogP contribution is 2.28. The molecule has 2 heterocycles. The minimum absolute atomic E-state index is 0.0871. The smallest absolute Gasteiger partial charge is 0.134 e. The van der Waals surface area contributed by atoms with E-state index in [2.05, 4.69) is 45.4 Å². The second-order valence-corrected chi connectivity index (χ2v) is 5.91. The van der Waals surface area contributed by atoms with E-state index in [1.807, 2.05) is 32.3 Å². The predicted octanol–water partition coefficient (Wildman–Crippen LogP) is 4.41. The standard InChI is InChI=1S/C15H16BrN3O/c1-9-13(8-19(3)18-9)17-10(2)15-7-11-6-12(16)4-5-14(11)20-15/h4-8,10,17H,1-3H3. The lowest BCUT2D eigenvalue weighted by atomic mass is 10.2. The van der Waals surface area contributed by atoms with E-state index >= 15 is 0 Å². The average Bonchev–Trinajstić information content (AvgIpc) is 2.92. The van der Waals surface area contributed by atoms with Gasteiger partial charge in [0, 0.05) is 23.1 Å². The molecular formula is C15H16BrN3O. The van der Waals surface area contributed by atoms with Crippen LogP contribution in [0.4, 0.5) is 5.69 Å². The third-order valence-corrected chi connectivity index (χ3v) is 3.80. The Bertz CT molecular complexity index is 760. The maximum absolute atomic E-state index is 5.89. The van der Waals surface area contributed by atoms with Crippen LogP contribution in [0.1, 0.15) is 24.4 Å². The van der Waals surface area contributed by atoms with Crippen molar-refractivity contribution in [1.82, 2.24) is 9.78 Å². The lowest BCUT2D eigenvalue weighted by Crippen LogP contribution is -2.05. The van der Waals surface area contributed by atoms with E-state index in [9.17, 15) is 0 Å². The fourth-order valence-corrected chi connectivity index (χ4v) is 2.67. The number of nitrogens with one attached hydrogen (secondary N) is 1. The van der Waals surface area contributed by atoms with Crippen LogP contribution in [-0.2, 0) is 7.05 Å². The Labute approximate surface area is 125 Å². The molecule has 0 saturated heterocycles. The molecule has 5 heteroatoms. The lowest BCUT2D eigenvalue weighted by Gasteiger charge is -2.11. The molecule has 0 aliphatic heterocycles. The Morgan fingerprint density at radius 3 is 2.85 bits per heavy atom. The summed E-state index contributed by atoms with van der Waals surface area (Å²) in [5, 5.41) is 8.87. The van der Waals surface area contributed by atoms with Gasteiger partial charge in [0.05, 0.1) is 17.4 Å². The molecular weight excluding hydrogens is 318 g/mol. The van der Waals surface area contributed by atoms with E-state index in [-0.39, 0.29) is 6.04 Å². The van der Waals surface area contributed by atoms with Crippen LogP contribution in [0, 0.1) is 6.92 Å². The molecule has 3 rings (SSSR count). The predicted molar refractivity (Wildman–Crippen MR) is 83.9 cm³/mol. The number of aromatic nitrogens is 2. The van der Waals surface area contributed by atoms with Crippen LogP contribution in [0.15, 0.2) is 39.4 Å². The van der Waals surface area contributed by atoms with Gasteiger partial charge in [-0.3, -0.25) is 4.68 Å². The largest absolute Gasteiger partial charge is 0.459 e. The Hall–Kier alpha value is -1.75. The summed E-state index contributed by atoms with van der Waals surface area (Å²) in [5.74, 6) is 0.918. The Kier molecular flexibility index (Phi) is 3.30. The Morgan fingerprint density at radius 2 is 2.15 bits per heavy atom. The zero-order valence-electron chi connectivity index (χ0n) is 11.6. The van der Waals surface area contributed by atoms with Gasteiger partial charge in [0.1, 0.15) is 11.3 Å². The number of furan rings is 1. The summed E-state index contributed by atoms with van der Waals surface area (Å²) < 4.78 is 8.76. The highest BCUT2D eigenvalue weighted by molar-refractivity contribution is 9.10. The van der Waals surface area contributed by atoms with Crippen LogP contribution in [0.2, 0.25) is 0 Å². The zero-order chi connectivity index (χ0) is 14.3. The zero-order valence-corrected chi connectivity index (χ0v) is 13.2. The van der Waals surface area contributed by atoms with Crippen molar-refractivity contribution in [3.8, 4) is 0 Å². The molecule has 0 aliphatic rings. The molecule has 0 fully saturated rings. The number of rotatable bonds is 3. The van der Waals surface area contributed by atoms with E-state index in [4.69, 9.17) is 4.42 Å². The Morgan fingerprint density at radius 1 is 1.35 bits per heavy atom. The molecule has 0 spiro atoms.